The Hall–Kier alpha value is -0.830. The first-order chi connectivity index (χ1) is 10.9. The van der Waals surface area contributed by atoms with Crippen molar-refractivity contribution in [3.05, 3.63) is 11.1 Å². The first-order valence-corrected chi connectivity index (χ1v) is 9.50. The summed E-state index contributed by atoms with van der Waals surface area (Å²) < 4.78 is 12.1. The molecule has 2 aliphatic heterocycles. The van der Waals surface area contributed by atoms with Gasteiger partial charge in [0.2, 0.25) is 0 Å². The molecule has 5 fully saturated rings. The molecule has 4 aliphatic carbocycles. The lowest BCUT2D eigenvalue weighted by molar-refractivity contribution is -0.144. The van der Waals surface area contributed by atoms with Gasteiger partial charge in [-0.25, -0.2) is 4.79 Å². The van der Waals surface area contributed by atoms with E-state index in [1.54, 1.807) is 0 Å². The van der Waals surface area contributed by atoms with Crippen LogP contribution in [0.3, 0.4) is 0 Å². The maximum absolute atomic E-state index is 12.0. The first-order valence-electron chi connectivity index (χ1n) is 9.50. The van der Waals surface area contributed by atoms with Gasteiger partial charge in [0.1, 0.15) is 17.8 Å². The molecule has 0 radical (unpaired) electrons. The predicted molar refractivity (Wildman–Crippen MR) is 84.6 cm³/mol. The molecule has 1 spiro atoms. The van der Waals surface area contributed by atoms with Gasteiger partial charge >= 0.3 is 5.97 Å². The summed E-state index contributed by atoms with van der Waals surface area (Å²) in [6.07, 6.45) is 7.90. The SMILES string of the molecule is CC1=C2[C@@H](C[C@H]3[C@]4(C)CC[C@@H]5C[C@]5(C)[C@H]4CC[C@@]34O[C@@H]24)OC1=O. The average molecular weight is 314 g/mol. The molecule has 6 aliphatic rings. The molecule has 1 saturated heterocycles. The Kier molecular flexibility index (Phi) is 2.08. The lowest BCUT2D eigenvalue weighted by Crippen LogP contribution is -2.56. The van der Waals surface area contributed by atoms with Gasteiger partial charge in [-0.2, -0.15) is 0 Å². The number of hydrogen-bond donors (Lipinski definition) is 0. The zero-order valence-corrected chi connectivity index (χ0v) is 14.4. The van der Waals surface area contributed by atoms with Gasteiger partial charge in [0.15, 0.2) is 0 Å². The van der Waals surface area contributed by atoms with Crippen LogP contribution in [0.25, 0.3) is 0 Å². The van der Waals surface area contributed by atoms with E-state index in [0.717, 1.165) is 23.8 Å². The highest BCUT2D eigenvalue weighted by atomic mass is 16.6. The van der Waals surface area contributed by atoms with E-state index in [1.807, 2.05) is 6.92 Å². The Bertz CT molecular complexity index is 680. The number of ether oxygens (including phenoxy) is 2. The number of hydrogen-bond acceptors (Lipinski definition) is 3. The first kappa shape index (κ1) is 13.5. The predicted octanol–water partition coefficient (Wildman–Crippen LogP) is 3.62. The van der Waals surface area contributed by atoms with Crippen molar-refractivity contribution in [3.8, 4) is 0 Å². The van der Waals surface area contributed by atoms with Crippen LogP contribution < -0.4 is 0 Å². The van der Waals surface area contributed by atoms with Gasteiger partial charge in [-0.15, -0.1) is 0 Å². The molecule has 124 valence electrons. The number of carbonyl (C=O) groups is 1. The summed E-state index contributed by atoms with van der Waals surface area (Å²) in [4.78, 5) is 12.0. The van der Waals surface area contributed by atoms with Crippen molar-refractivity contribution in [1.82, 2.24) is 0 Å². The number of carbonyl (C=O) groups excluding carboxylic acids is 1. The van der Waals surface area contributed by atoms with Crippen molar-refractivity contribution in [3.63, 3.8) is 0 Å². The smallest absolute Gasteiger partial charge is 0.334 e. The van der Waals surface area contributed by atoms with Crippen LogP contribution in [0, 0.1) is 28.6 Å². The molecule has 0 aromatic rings. The van der Waals surface area contributed by atoms with Crippen molar-refractivity contribution in [2.45, 2.75) is 77.1 Å². The minimum Gasteiger partial charge on any atom is -0.454 e. The van der Waals surface area contributed by atoms with Gasteiger partial charge in [-0.1, -0.05) is 13.8 Å². The standard InChI is InChI=1S/C20H26O3/c1-10-15-12(22-17(10)21)8-14-18(2)6-4-11-9-19(11,3)13(18)5-7-20(14)16(15)23-20/h11-14,16H,4-9H2,1-3H3/t11-,12-,13+,14+,16+,18-,19+,20-/m1/s1. The van der Waals surface area contributed by atoms with E-state index in [0.29, 0.717) is 16.7 Å². The maximum atomic E-state index is 12.0. The Morgan fingerprint density at radius 1 is 1.09 bits per heavy atom. The third-order valence-electron chi connectivity index (χ3n) is 9.08. The van der Waals surface area contributed by atoms with Crippen LogP contribution in [0.4, 0.5) is 0 Å². The van der Waals surface area contributed by atoms with Crippen molar-refractivity contribution in [2.75, 3.05) is 0 Å². The molecule has 4 saturated carbocycles. The van der Waals surface area contributed by atoms with Crippen LogP contribution in [0.5, 0.6) is 0 Å². The highest BCUT2D eigenvalue weighted by molar-refractivity contribution is 5.92. The van der Waals surface area contributed by atoms with Crippen LogP contribution in [-0.4, -0.2) is 23.8 Å². The molecule has 23 heavy (non-hydrogen) atoms. The average Bonchev–Trinajstić information content (AvgIpc) is 3.36. The molecule has 0 aromatic carbocycles. The molecule has 0 N–H and O–H groups in total. The highest BCUT2D eigenvalue weighted by Crippen LogP contribution is 2.77. The fraction of sp³-hybridized carbons (Fsp3) is 0.850. The number of esters is 1. The molecule has 2 heterocycles. The molecule has 8 atom stereocenters. The Morgan fingerprint density at radius 2 is 1.91 bits per heavy atom. The molecule has 0 unspecified atom stereocenters. The molecule has 0 amide bonds. The summed E-state index contributed by atoms with van der Waals surface area (Å²) in [5.74, 6) is 2.30. The highest BCUT2D eigenvalue weighted by Gasteiger charge is 2.77. The zero-order chi connectivity index (χ0) is 15.8. The van der Waals surface area contributed by atoms with Crippen LogP contribution in [-0.2, 0) is 14.3 Å². The van der Waals surface area contributed by atoms with Crippen molar-refractivity contribution in [1.29, 1.82) is 0 Å². The molecular weight excluding hydrogens is 288 g/mol. The fourth-order valence-electron chi connectivity index (χ4n) is 7.75. The van der Waals surface area contributed by atoms with E-state index < -0.39 is 0 Å². The van der Waals surface area contributed by atoms with Crippen LogP contribution in [0.2, 0.25) is 0 Å². The summed E-state index contributed by atoms with van der Waals surface area (Å²) >= 11 is 0. The van der Waals surface area contributed by atoms with E-state index in [1.165, 1.54) is 37.7 Å². The Labute approximate surface area is 137 Å². The third-order valence-corrected chi connectivity index (χ3v) is 9.08. The van der Waals surface area contributed by atoms with Gasteiger partial charge in [-0.3, -0.25) is 0 Å². The Balaban J connectivity index is 1.43. The van der Waals surface area contributed by atoms with Gasteiger partial charge in [0.05, 0.1) is 0 Å². The molecule has 6 rings (SSSR count). The second-order valence-corrected chi connectivity index (χ2v) is 9.76. The number of epoxide rings is 1. The summed E-state index contributed by atoms with van der Waals surface area (Å²) in [5.41, 5.74) is 3.05. The summed E-state index contributed by atoms with van der Waals surface area (Å²) in [7, 11) is 0. The third kappa shape index (κ3) is 1.31. The van der Waals surface area contributed by atoms with Crippen LogP contribution >= 0.6 is 0 Å². The van der Waals surface area contributed by atoms with Gasteiger partial charge in [0, 0.05) is 17.1 Å². The van der Waals surface area contributed by atoms with E-state index in [-0.39, 0.29) is 23.8 Å². The molecule has 3 heteroatoms. The zero-order valence-electron chi connectivity index (χ0n) is 14.4. The van der Waals surface area contributed by atoms with E-state index in [2.05, 4.69) is 13.8 Å². The molecule has 0 aromatic heterocycles. The molecule has 0 bridgehead atoms. The van der Waals surface area contributed by atoms with Crippen molar-refractivity contribution in [2.24, 2.45) is 28.6 Å². The lowest BCUT2D eigenvalue weighted by Gasteiger charge is -2.57. The topological polar surface area (TPSA) is 38.8 Å². The van der Waals surface area contributed by atoms with Crippen LogP contribution in [0.1, 0.15) is 59.3 Å². The second kappa shape index (κ2) is 3.56. The quantitative estimate of drug-likeness (QED) is 0.506. The van der Waals surface area contributed by atoms with E-state index >= 15 is 0 Å². The summed E-state index contributed by atoms with van der Waals surface area (Å²) in [6, 6.07) is 0. The second-order valence-electron chi connectivity index (χ2n) is 9.76. The molecule has 3 nitrogen and oxygen atoms in total. The number of rotatable bonds is 0. The summed E-state index contributed by atoms with van der Waals surface area (Å²) in [5, 5.41) is 0. The van der Waals surface area contributed by atoms with Gasteiger partial charge < -0.3 is 9.47 Å². The maximum Gasteiger partial charge on any atom is 0.334 e. The Morgan fingerprint density at radius 3 is 2.74 bits per heavy atom. The molecular formula is C20H26O3. The normalized spacial score (nSPS) is 61.7. The minimum atomic E-state index is -0.103. The fourth-order valence-corrected chi connectivity index (χ4v) is 7.75. The van der Waals surface area contributed by atoms with Gasteiger partial charge in [-0.05, 0) is 68.1 Å². The van der Waals surface area contributed by atoms with E-state index in [9.17, 15) is 4.79 Å². The van der Waals surface area contributed by atoms with Crippen molar-refractivity contribution < 1.29 is 14.3 Å². The van der Waals surface area contributed by atoms with Crippen LogP contribution in [0.15, 0.2) is 11.1 Å². The van der Waals surface area contributed by atoms with Gasteiger partial charge in [0.25, 0.3) is 0 Å². The van der Waals surface area contributed by atoms with E-state index in [4.69, 9.17) is 9.47 Å². The lowest BCUT2D eigenvalue weighted by atomic mass is 9.47. The minimum absolute atomic E-state index is 0.00781. The number of fused-ring (bicyclic) bond motifs is 6. The van der Waals surface area contributed by atoms with Crippen molar-refractivity contribution >= 4 is 5.97 Å². The summed E-state index contributed by atoms with van der Waals surface area (Å²) in [6.45, 7) is 7.01. The largest absolute Gasteiger partial charge is 0.454 e. The monoisotopic (exact) mass is 314 g/mol.